The maximum absolute atomic E-state index is 11.9. The van der Waals surface area contributed by atoms with Crippen LogP contribution >= 0.6 is 0 Å². The topological polar surface area (TPSA) is 96.8 Å². The van der Waals surface area contributed by atoms with E-state index in [1.165, 1.54) is 18.3 Å². The van der Waals surface area contributed by atoms with Gasteiger partial charge in [0, 0.05) is 37.7 Å². The fraction of sp³-hybridized carbons (Fsp3) is 0.333. The zero-order valence-electron chi connectivity index (χ0n) is 10.8. The number of sulfonamides is 1. The fourth-order valence-electron chi connectivity index (χ4n) is 1.69. The third kappa shape index (κ3) is 4.04. The van der Waals surface area contributed by atoms with E-state index in [1.807, 2.05) is 10.8 Å². The molecule has 0 aliphatic rings. The molecule has 0 aliphatic heterocycles. The largest absolute Gasteiger partial charge is 0.337 e. The van der Waals surface area contributed by atoms with Gasteiger partial charge in [-0.05, 0) is 18.9 Å². The van der Waals surface area contributed by atoms with Crippen LogP contribution in [-0.2, 0) is 16.6 Å². The van der Waals surface area contributed by atoms with E-state index in [4.69, 9.17) is 0 Å². The highest BCUT2D eigenvalue weighted by molar-refractivity contribution is 7.89. The van der Waals surface area contributed by atoms with Gasteiger partial charge < -0.3 is 9.55 Å². The lowest BCUT2D eigenvalue weighted by Crippen LogP contribution is -2.25. The summed E-state index contributed by atoms with van der Waals surface area (Å²) >= 11 is 0. The van der Waals surface area contributed by atoms with Gasteiger partial charge >= 0.3 is 0 Å². The Hall–Kier alpha value is -1.93. The highest BCUT2D eigenvalue weighted by Crippen LogP contribution is 2.04. The van der Waals surface area contributed by atoms with Crippen molar-refractivity contribution < 1.29 is 8.42 Å². The van der Waals surface area contributed by atoms with Gasteiger partial charge in [0.05, 0.1) is 11.2 Å². The Balaban J connectivity index is 1.78. The van der Waals surface area contributed by atoms with Gasteiger partial charge in [0.1, 0.15) is 0 Å². The Labute approximate surface area is 116 Å². The lowest BCUT2D eigenvalue weighted by atomic mass is 10.3. The van der Waals surface area contributed by atoms with Crippen LogP contribution in [0, 0.1) is 0 Å². The van der Waals surface area contributed by atoms with Crippen molar-refractivity contribution in [1.29, 1.82) is 0 Å². The minimum absolute atomic E-state index is 0.0618. The quantitative estimate of drug-likeness (QED) is 0.720. The van der Waals surface area contributed by atoms with Gasteiger partial charge in [-0.1, -0.05) is 0 Å². The SMILES string of the molecule is O=c1ccc(S(=O)(=O)NCCCCn2ccnc2)c[nH]1. The lowest BCUT2D eigenvalue weighted by Gasteiger charge is -2.06. The predicted octanol–water partition coefficient (Wildman–Crippen LogP) is 0.330. The fourth-order valence-corrected chi connectivity index (χ4v) is 2.73. The van der Waals surface area contributed by atoms with Gasteiger partial charge in [-0.15, -0.1) is 0 Å². The van der Waals surface area contributed by atoms with E-state index in [2.05, 4.69) is 14.7 Å². The minimum Gasteiger partial charge on any atom is -0.337 e. The number of unbranched alkanes of at least 4 members (excludes halogenated alkanes) is 1. The number of nitrogens with one attached hydrogen (secondary N) is 2. The number of H-pyrrole nitrogens is 1. The average molecular weight is 296 g/mol. The maximum atomic E-state index is 11.9. The number of imidazole rings is 1. The van der Waals surface area contributed by atoms with Gasteiger partial charge in [0.15, 0.2) is 0 Å². The molecule has 0 radical (unpaired) electrons. The summed E-state index contributed by atoms with van der Waals surface area (Å²) < 4.78 is 28.2. The van der Waals surface area contributed by atoms with E-state index < -0.39 is 10.0 Å². The van der Waals surface area contributed by atoms with Crippen LogP contribution in [0.1, 0.15) is 12.8 Å². The van der Waals surface area contributed by atoms with Crippen LogP contribution in [0.5, 0.6) is 0 Å². The van der Waals surface area contributed by atoms with Gasteiger partial charge in [0.2, 0.25) is 15.6 Å². The highest BCUT2D eigenvalue weighted by Gasteiger charge is 2.12. The average Bonchev–Trinajstić information content (AvgIpc) is 2.92. The number of nitrogens with zero attached hydrogens (tertiary/aromatic N) is 2. The molecule has 2 heterocycles. The number of rotatable bonds is 7. The van der Waals surface area contributed by atoms with E-state index in [0.29, 0.717) is 6.54 Å². The molecule has 2 aromatic heterocycles. The molecular formula is C12H16N4O3S. The molecule has 0 atom stereocenters. The van der Waals surface area contributed by atoms with Crippen molar-refractivity contribution in [2.45, 2.75) is 24.3 Å². The van der Waals surface area contributed by atoms with E-state index in [1.54, 1.807) is 12.5 Å². The Morgan fingerprint density at radius 1 is 1.30 bits per heavy atom. The molecule has 0 bridgehead atoms. The van der Waals surface area contributed by atoms with E-state index in [9.17, 15) is 13.2 Å². The molecule has 7 nitrogen and oxygen atoms in total. The van der Waals surface area contributed by atoms with E-state index in [0.717, 1.165) is 19.4 Å². The highest BCUT2D eigenvalue weighted by atomic mass is 32.2. The van der Waals surface area contributed by atoms with Crippen LogP contribution in [0.2, 0.25) is 0 Å². The first-order valence-electron chi connectivity index (χ1n) is 6.22. The summed E-state index contributed by atoms with van der Waals surface area (Å²) in [6, 6.07) is 2.47. The normalized spacial score (nSPS) is 11.6. The number of pyridine rings is 1. The number of aryl methyl sites for hydroxylation is 1. The number of aromatic nitrogens is 3. The van der Waals surface area contributed by atoms with Crippen molar-refractivity contribution in [3.8, 4) is 0 Å². The first-order valence-corrected chi connectivity index (χ1v) is 7.70. The van der Waals surface area contributed by atoms with Gasteiger partial charge in [-0.25, -0.2) is 18.1 Å². The van der Waals surface area contributed by atoms with E-state index >= 15 is 0 Å². The Kier molecular flexibility index (Phi) is 4.70. The zero-order valence-corrected chi connectivity index (χ0v) is 11.6. The predicted molar refractivity (Wildman–Crippen MR) is 73.7 cm³/mol. The third-order valence-corrected chi connectivity index (χ3v) is 4.22. The molecule has 2 rings (SSSR count). The maximum Gasteiger partial charge on any atom is 0.247 e. The molecule has 20 heavy (non-hydrogen) atoms. The Bertz CT molecular complexity index is 671. The summed E-state index contributed by atoms with van der Waals surface area (Å²) in [7, 11) is -3.55. The van der Waals surface area contributed by atoms with Crippen molar-refractivity contribution in [2.24, 2.45) is 0 Å². The first kappa shape index (κ1) is 14.5. The molecule has 0 spiro atoms. The number of hydrogen-bond acceptors (Lipinski definition) is 4. The van der Waals surface area contributed by atoms with Gasteiger partial charge in [0.25, 0.3) is 0 Å². The van der Waals surface area contributed by atoms with Crippen molar-refractivity contribution in [3.05, 3.63) is 47.4 Å². The molecule has 2 N–H and O–H groups in total. The minimum atomic E-state index is -3.55. The first-order chi connectivity index (χ1) is 9.58. The van der Waals surface area contributed by atoms with E-state index in [-0.39, 0.29) is 10.5 Å². The number of aromatic amines is 1. The molecule has 0 fully saturated rings. The van der Waals surface area contributed by atoms with Crippen LogP contribution < -0.4 is 10.3 Å². The monoisotopic (exact) mass is 296 g/mol. The second kappa shape index (κ2) is 6.49. The van der Waals surface area contributed by atoms with Crippen molar-refractivity contribution >= 4 is 10.0 Å². The summed E-state index contributed by atoms with van der Waals surface area (Å²) in [5.74, 6) is 0. The van der Waals surface area contributed by atoms with Crippen LogP contribution in [0.3, 0.4) is 0 Å². The van der Waals surface area contributed by atoms with Crippen LogP contribution in [0.4, 0.5) is 0 Å². The molecule has 108 valence electrons. The second-order valence-corrected chi connectivity index (χ2v) is 6.06. The molecule has 0 aromatic carbocycles. The standard InChI is InChI=1S/C12H16N4O3S/c17-12-4-3-11(9-14-12)20(18,19)15-5-1-2-7-16-8-6-13-10-16/h3-4,6,8-10,15H,1-2,5,7H2,(H,14,17). The molecule has 2 aromatic rings. The van der Waals surface area contributed by atoms with Crippen molar-refractivity contribution in [2.75, 3.05) is 6.54 Å². The van der Waals surface area contributed by atoms with Gasteiger partial charge in [-0.2, -0.15) is 0 Å². The Morgan fingerprint density at radius 2 is 2.15 bits per heavy atom. The second-order valence-electron chi connectivity index (χ2n) is 4.29. The van der Waals surface area contributed by atoms with Crippen molar-refractivity contribution in [1.82, 2.24) is 19.3 Å². The third-order valence-electron chi connectivity index (χ3n) is 2.76. The molecule has 0 saturated carbocycles. The smallest absolute Gasteiger partial charge is 0.247 e. The molecule has 0 amide bonds. The van der Waals surface area contributed by atoms with Crippen molar-refractivity contribution in [3.63, 3.8) is 0 Å². The van der Waals surface area contributed by atoms with Gasteiger partial charge in [-0.3, -0.25) is 4.79 Å². The summed E-state index contributed by atoms with van der Waals surface area (Å²) in [5, 5.41) is 0. The van der Waals surface area contributed by atoms with Crippen LogP contribution in [0.25, 0.3) is 0 Å². The lowest BCUT2D eigenvalue weighted by molar-refractivity contribution is 0.565. The molecule has 0 saturated heterocycles. The van der Waals surface area contributed by atoms with Crippen LogP contribution in [0.15, 0.2) is 46.7 Å². The Morgan fingerprint density at radius 3 is 2.80 bits per heavy atom. The number of hydrogen-bond donors (Lipinski definition) is 2. The summed E-state index contributed by atoms with van der Waals surface area (Å²) in [6.07, 6.45) is 8.06. The summed E-state index contributed by atoms with van der Waals surface area (Å²) in [6.45, 7) is 1.16. The molecule has 8 heteroatoms. The molecule has 0 unspecified atom stereocenters. The van der Waals surface area contributed by atoms with Crippen LogP contribution in [-0.4, -0.2) is 29.5 Å². The molecular weight excluding hydrogens is 280 g/mol. The molecule has 0 aliphatic carbocycles. The zero-order chi connectivity index (χ0) is 14.4. The summed E-state index contributed by atoms with van der Waals surface area (Å²) in [4.78, 5) is 17.2. The summed E-state index contributed by atoms with van der Waals surface area (Å²) in [5.41, 5.74) is -0.329.